The second kappa shape index (κ2) is 8.89. The van der Waals surface area contributed by atoms with Gasteiger partial charge in [0.05, 0.1) is 29.6 Å². The molecule has 0 fully saturated rings. The Balaban J connectivity index is 1.47. The normalized spacial score (nSPS) is 15.9. The highest BCUT2D eigenvalue weighted by molar-refractivity contribution is 5.68. The van der Waals surface area contributed by atoms with Crippen molar-refractivity contribution in [1.82, 2.24) is 15.7 Å². The lowest BCUT2D eigenvalue weighted by atomic mass is 10.1. The van der Waals surface area contributed by atoms with Gasteiger partial charge in [-0.3, -0.25) is 5.84 Å². The molecule has 3 rings (SSSR count). The molecule has 1 aromatic carbocycles. The molecule has 0 amide bonds. The first-order valence-electron chi connectivity index (χ1n) is 8.72. The Bertz CT molecular complexity index is 842. The van der Waals surface area contributed by atoms with Crippen molar-refractivity contribution in [2.24, 2.45) is 11.6 Å². The quantitative estimate of drug-likeness (QED) is 0.275. The third kappa shape index (κ3) is 4.67. The number of nitrogens with one attached hydrogen (secondary N) is 3. The van der Waals surface area contributed by atoms with Gasteiger partial charge in [0.15, 0.2) is 0 Å². The van der Waals surface area contributed by atoms with Gasteiger partial charge >= 0.3 is 0 Å². The second-order valence-electron chi connectivity index (χ2n) is 6.18. The summed E-state index contributed by atoms with van der Waals surface area (Å²) in [5, 5.41) is 15.6. The van der Waals surface area contributed by atoms with Crippen LogP contribution >= 0.6 is 0 Å². The van der Waals surface area contributed by atoms with Gasteiger partial charge in [0, 0.05) is 24.5 Å². The molecule has 8 nitrogen and oxygen atoms in total. The zero-order valence-electron chi connectivity index (χ0n) is 14.9. The average molecular weight is 365 g/mol. The zero-order chi connectivity index (χ0) is 19.1. The number of hydrogen-bond acceptors (Lipinski definition) is 8. The molecule has 0 saturated heterocycles. The van der Waals surface area contributed by atoms with Crippen LogP contribution in [-0.4, -0.2) is 30.7 Å². The Labute approximate surface area is 158 Å². The number of hydrogen-bond donors (Lipinski definition) is 5. The van der Waals surface area contributed by atoms with Crippen molar-refractivity contribution in [3.63, 3.8) is 0 Å². The lowest BCUT2D eigenvalue weighted by Crippen LogP contribution is -2.40. The summed E-state index contributed by atoms with van der Waals surface area (Å²) in [6.07, 6.45) is 3.95. The number of nitrogens with two attached hydrogens (primary N) is 2. The smallest absolute Gasteiger partial charge is 0.237 e. The van der Waals surface area contributed by atoms with E-state index in [1.165, 1.54) is 11.8 Å². The summed E-state index contributed by atoms with van der Waals surface area (Å²) in [7, 11) is 0. The molecular weight excluding hydrogens is 342 g/mol. The van der Waals surface area contributed by atoms with Crippen LogP contribution in [0.3, 0.4) is 0 Å². The fraction of sp³-hybridized carbons (Fsp3) is 0.263. The fourth-order valence-corrected chi connectivity index (χ4v) is 2.83. The van der Waals surface area contributed by atoms with E-state index in [9.17, 15) is 0 Å². The average Bonchev–Trinajstić information content (AvgIpc) is 2.72. The van der Waals surface area contributed by atoms with Crippen molar-refractivity contribution >= 4 is 11.4 Å². The predicted octanol–water partition coefficient (Wildman–Crippen LogP) is 0.679. The van der Waals surface area contributed by atoms with Crippen molar-refractivity contribution in [2.45, 2.75) is 12.5 Å². The van der Waals surface area contributed by atoms with E-state index in [2.05, 4.69) is 27.1 Å². The van der Waals surface area contributed by atoms with Crippen molar-refractivity contribution in [3.8, 4) is 11.9 Å². The molecule has 0 bridgehead atoms. The molecule has 0 aliphatic carbocycles. The summed E-state index contributed by atoms with van der Waals surface area (Å²) in [6, 6.07) is 11.7. The van der Waals surface area contributed by atoms with Gasteiger partial charge in [-0.2, -0.15) is 5.26 Å². The van der Waals surface area contributed by atoms with E-state index in [0.717, 1.165) is 24.2 Å². The van der Waals surface area contributed by atoms with Crippen molar-refractivity contribution in [3.05, 3.63) is 59.4 Å². The van der Waals surface area contributed by atoms with Crippen LogP contribution in [0.15, 0.2) is 42.7 Å². The highest BCUT2D eigenvalue weighted by atomic mass is 16.5. The number of ether oxygens (including phenoxy) is 1. The molecule has 0 radical (unpaired) electrons. The van der Waals surface area contributed by atoms with E-state index < -0.39 is 0 Å². The maximum Gasteiger partial charge on any atom is 0.237 e. The molecule has 2 aromatic rings. The molecule has 1 aliphatic heterocycles. The van der Waals surface area contributed by atoms with Gasteiger partial charge in [-0.05, 0) is 36.7 Å². The van der Waals surface area contributed by atoms with E-state index in [-0.39, 0.29) is 6.10 Å². The fourth-order valence-electron chi connectivity index (χ4n) is 2.83. The van der Waals surface area contributed by atoms with Gasteiger partial charge in [0.25, 0.3) is 0 Å². The Hall–Kier alpha value is -3.28. The van der Waals surface area contributed by atoms with Crippen LogP contribution < -0.4 is 32.4 Å². The number of pyridine rings is 1. The standard InChI is InChI=1S/C19H23N7O/c20-8-14-3-1-13(2-4-14)5-6-23-11-16-12-24-17-7-15(18(9-21)26-22)10-25-19(17)27-16/h1-4,7,9-10,16,23-24,26H,5-6,11-12,21-22H2/b18-9-. The summed E-state index contributed by atoms with van der Waals surface area (Å²) >= 11 is 0. The first-order valence-corrected chi connectivity index (χ1v) is 8.72. The summed E-state index contributed by atoms with van der Waals surface area (Å²) in [5.41, 5.74) is 12.1. The minimum atomic E-state index is -0.00558. The molecular formula is C19H23N7O. The molecule has 1 aliphatic rings. The van der Waals surface area contributed by atoms with E-state index in [1.807, 2.05) is 30.3 Å². The Morgan fingerprint density at radius 1 is 1.41 bits per heavy atom. The van der Waals surface area contributed by atoms with Crippen LogP contribution in [-0.2, 0) is 6.42 Å². The molecule has 1 atom stereocenters. The third-order valence-corrected chi connectivity index (χ3v) is 4.33. The van der Waals surface area contributed by atoms with E-state index in [4.69, 9.17) is 21.6 Å². The van der Waals surface area contributed by atoms with Gasteiger partial charge in [0.2, 0.25) is 5.88 Å². The number of aromatic nitrogens is 1. The van der Waals surface area contributed by atoms with Crippen LogP contribution in [0.2, 0.25) is 0 Å². The highest BCUT2D eigenvalue weighted by Crippen LogP contribution is 2.28. The first-order chi connectivity index (χ1) is 13.2. The summed E-state index contributed by atoms with van der Waals surface area (Å²) in [4.78, 5) is 4.35. The Morgan fingerprint density at radius 2 is 2.22 bits per heavy atom. The molecule has 27 heavy (non-hydrogen) atoms. The number of fused-ring (bicyclic) bond motifs is 1. The van der Waals surface area contributed by atoms with Gasteiger partial charge in [-0.15, -0.1) is 0 Å². The van der Waals surface area contributed by atoms with Crippen molar-refractivity contribution in [1.29, 1.82) is 5.26 Å². The number of nitrogens with zero attached hydrogens (tertiary/aromatic N) is 2. The molecule has 140 valence electrons. The minimum absolute atomic E-state index is 0.00558. The molecule has 0 spiro atoms. The number of benzene rings is 1. The maximum atomic E-state index is 8.82. The van der Waals surface area contributed by atoms with Crippen molar-refractivity contribution < 1.29 is 4.74 Å². The topological polar surface area (TPSA) is 134 Å². The van der Waals surface area contributed by atoms with Gasteiger partial charge < -0.3 is 26.5 Å². The lowest BCUT2D eigenvalue weighted by Gasteiger charge is -2.27. The predicted molar refractivity (Wildman–Crippen MR) is 104 cm³/mol. The molecule has 2 heterocycles. The zero-order valence-corrected chi connectivity index (χ0v) is 14.9. The Morgan fingerprint density at radius 3 is 2.93 bits per heavy atom. The SMILES string of the molecule is N#Cc1ccc(CCNCC2CNc3cc(/C(=C/N)NN)cnc3O2)cc1. The number of nitriles is 1. The van der Waals surface area contributed by atoms with Gasteiger partial charge in [-0.25, -0.2) is 4.98 Å². The van der Waals surface area contributed by atoms with Crippen LogP contribution in [0.1, 0.15) is 16.7 Å². The third-order valence-electron chi connectivity index (χ3n) is 4.33. The van der Waals surface area contributed by atoms with Crippen LogP contribution in [0.4, 0.5) is 5.69 Å². The van der Waals surface area contributed by atoms with Crippen molar-refractivity contribution in [2.75, 3.05) is 25.0 Å². The number of rotatable bonds is 7. The van der Waals surface area contributed by atoms with Gasteiger partial charge in [-0.1, -0.05) is 12.1 Å². The minimum Gasteiger partial charge on any atom is -0.470 e. The molecule has 0 saturated carbocycles. The highest BCUT2D eigenvalue weighted by Gasteiger charge is 2.20. The van der Waals surface area contributed by atoms with E-state index in [0.29, 0.717) is 30.2 Å². The lowest BCUT2D eigenvalue weighted by molar-refractivity contribution is 0.194. The number of anilines is 1. The molecule has 1 aromatic heterocycles. The van der Waals surface area contributed by atoms with E-state index in [1.54, 1.807) is 6.20 Å². The van der Waals surface area contributed by atoms with Crippen LogP contribution in [0.5, 0.6) is 5.88 Å². The maximum absolute atomic E-state index is 8.82. The van der Waals surface area contributed by atoms with Crippen LogP contribution in [0, 0.1) is 11.3 Å². The second-order valence-corrected chi connectivity index (χ2v) is 6.18. The summed E-state index contributed by atoms with van der Waals surface area (Å²) in [6.45, 7) is 2.22. The molecule has 1 unspecified atom stereocenters. The van der Waals surface area contributed by atoms with Crippen LogP contribution in [0.25, 0.3) is 5.70 Å². The molecule has 8 heteroatoms. The first kappa shape index (κ1) is 18.5. The number of hydrazine groups is 1. The molecule has 7 N–H and O–H groups in total. The monoisotopic (exact) mass is 365 g/mol. The van der Waals surface area contributed by atoms with Gasteiger partial charge in [0.1, 0.15) is 6.10 Å². The van der Waals surface area contributed by atoms with E-state index >= 15 is 0 Å². The summed E-state index contributed by atoms with van der Waals surface area (Å²) in [5.74, 6) is 6.00. The largest absolute Gasteiger partial charge is 0.470 e. The Kier molecular flexibility index (Phi) is 6.10. The summed E-state index contributed by atoms with van der Waals surface area (Å²) < 4.78 is 5.94.